The number of hydrogen-bond acceptors (Lipinski definition) is 8. The first kappa shape index (κ1) is 19.7. The van der Waals surface area contributed by atoms with Crippen LogP contribution < -0.4 is 15.6 Å². The van der Waals surface area contributed by atoms with E-state index >= 15 is 0 Å². The Balaban J connectivity index is 2.21. The third-order valence-electron chi connectivity index (χ3n) is 3.19. The molecular formula is C14H13N5O7S. The lowest BCUT2D eigenvalue weighted by molar-refractivity contribution is -0.393. The minimum absolute atomic E-state index is 0.173. The van der Waals surface area contributed by atoms with Gasteiger partial charge in [-0.1, -0.05) is 0 Å². The monoisotopic (exact) mass is 395 g/mol. The number of benzene rings is 2. The highest BCUT2D eigenvalue weighted by atomic mass is 32.2. The van der Waals surface area contributed by atoms with Crippen LogP contribution >= 0.6 is 0 Å². The molecule has 0 aliphatic carbocycles. The summed E-state index contributed by atoms with van der Waals surface area (Å²) in [4.78, 5) is 32.8. The molecule has 0 fully saturated rings. The molecule has 0 aliphatic rings. The van der Waals surface area contributed by atoms with Crippen molar-refractivity contribution in [2.24, 2.45) is 0 Å². The summed E-state index contributed by atoms with van der Waals surface area (Å²) in [6.07, 6.45) is 0. The Labute approximate surface area is 152 Å². The fourth-order valence-electron chi connectivity index (χ4n) is 1.99. The summed E-state index contributed by atoms with van der Waals surface area (Å²) >= 11 is 0. The molecular weight excluding hydrogens is 382 g/mol. The second kappa shape index (κ2) is 7.76. The second-order valence-electron chi connectivity index (χ2n) is 5.15. The van der Waals surface area contributed by atoms with Crippen molar-refractivity contribution in [3.05, 3.63) is 62.7 Å². The average molecular weight is 395 g/mol. The molecule has 0 aromatic heterocycles. The van der Waals surface area contributed by atoms with Gasteiger partial charge in [-0.05, 0) is 30.3 Å². The second-order valence-corrected chi connectivity index (χ2v) is 6.83. The topological polar surface area (TPSA) is 174 Å². The lowest BCUT2D eigenvalue weighted by Gasteiger charge is -2.10. The van der Waals surface area contributed by atoms with Crippen molar-refractivity contribution < 1.29 is 23.1 Å². The van der Waals surface area contributed by atoms with Gasteiger partial charge in [0.1, 0.15) is 5.69 Å². The van der Waals surface area contributed by atoms with Gasteiger partial charge < -0.3 is 10.7 Å². The number of anilines is 2. The third-order valence-corrected chi connectivity index (χ3v) is 4.46. The molecule has 142 valence electrons. The van der Waals surface area contributed by atoms with Crippen LogP contribution in [0.4, 0.5) is 22.7 Å². The lowest BCUT2D eigenvalue weighted by Crippen LogP contribution is -2.29. The van der Waals surface area contributed by atoms with Crippen molar-refractivity contribution >= 4 is 38.7 Å². The van der Waals surface area contributed by atoms with Gasteiger partial charge in [-0.2, -0.15) is 0 Å². The zero-order valence-corrected chi connectivity index (χ0v) is 14.5. The zero-order valence-electron chi connectivity index (χ0n) is 13.7. The van der Waals surface area contributed by atoms with E-state index in [4.69, 9.17) is 0 Å². The van der Waals surface area contributed by atoms with Crippen molar-refractivity contribution in [2.75, 3.05) is 10.7 Å². The Bertz CT molecular complexity index is 1010. The van der Waals surface area contributed by atoms with E-state index in [1.807, 2.05) is 4.83 Å². The third kappa shape index (κ3) is 4.96. The molecule has 0 heterocycles. The van der Waals surface area contributed by atoms with Gasteiger partial charge in [0.2, 0.25) is 5.91 Å². The van der Waals surface area contributed by atoms with Gasteiger partial charge in [0.15, 0.2) is 0 Å². The number of carbonyl (C=O) groups is 1. The number of sulfonamides is 1. The first-order valence-electron chi connectivity index (χ1n) is 7.18. The van der Waals surface area contributed by atoms with Crippen LogP contribution in [0.1, 0.15) is 6.92 Å². The van der Waals surface area contributed by atoms with Gasteiger partial charge in [0, 0.05) is 18.7 Å². The van der Waals surface area contributed by atoms with Crippen LogP contribution in [0.5, 0.6) is 0 Å². The summed E-state index contributed by atoms with van der Waals surface area (Å²) in [5.41, 5.74) is 1.11. The average Bonchev–Trinajstić information content (AvgIpc) is 2.59. The number of hydrazine groups is 1. The molecule has 0 aliphatic heterocycles. The van der Waals surface area contributed by atoms with Crippen LogP contribution in [0, 0.1) is 20.2 Å². The number of non-ortho nitro benzene ring substituents is 1. The van der Waals surface area contributed by atoms with Gasteiger partial charge in [-0.15, -0.1) is 4.83 Å². The summed E-state index contributed by atoms with van der Waals surface area (Å²) in [7, 11) is -4.10. The van der Waals surface area contributed by atoms with E-state index in [-0.39, 0.29) is 16.5 Å². The van der Waals surface area contributed by atoms with Gasteiger partial charge >= 0.3 is 5.69 Å². The number of rotatable bonds is 7. The summed E-state index contributed by atoms with van der Waals surface area (Å²) < 4.78 is 24.5. The van der Waals surface area contributed by atoms with E-state index in [0.29, 0.717) is 11.8 Å². The summed E-state index contributed by atoms with van der Waals surface area (Å²) in [6, 6.07) is 7.89. The van der Waals surface area contributed by atoms with Crippen LogP contribution in [-0.2, 0) is 14.8 Å². The lowest BCUT2D eigenvalue weighted by atomic mass is 10.2. The molecule has 1 amide bonds. The molecule has 0 saturated heterocycles. The Morgan fingerprint density at radius 3 is 2.15 bits per heavy atom. The zero-order chi connectivity index (χ0) is 20.2. The van der Waals surface area contributed by atoms with Crippen molar-refractivity contribution in [2.45, 2.75) is 11.8 Å². The Morgan fingerprint density at radius 2 is 1.63 bits per heavy atom. The minimum Gasteiger partial charge on any atom is -0.326 e. The van der Waals surface area contributed by atoms with Gasteiger partial charge in [-0.25, -0.2) is 8.42 Å². The predicted octanol–water partition coefficient (Wildman–Crippen LogP) is 1.77. The molecule has 2 aromatic rings. The van der Waals surface area contributed by atoms with E-state index in [2.05, 4.69) is 10.7 Å². The number of nitrogens with zero attached hydrogens (tertiary/aromatic N) is 2. The van der Waals surface area contributed by atoms with E-state index in [1.54, 1.807) is 0 Å². The summed E-state index contributed by atoms with van der Waals surface area (Å²) in [6.45, 7) is 1.30. The van der Waals surface area contributed by atoms with Crippen LogP contribution in [0.15, 0.2) is 47.4 Å². The van der Waals surface area contributed by atoms with Crippen molar-refractivity contribution in [1.82, 2.24) is 4.83 Å². The standard InChI is InChI=1S/C14H13N5O7S/c1-9(20)15-10-2-5-12(6-3-10)27(25,26)17-16-13-7-4-11(18(21)22)8-14(13)19(23)24/h2-8,16-17H,1H3,(H,15,20). The number of hydrogen-bond donors (Lipinski definition) is 3. The van der Waals surface area contributed by atoms with Crippen LogP contribution in [-0.4, -0.2) is 24.2 Å². The van der Waals surface area contributed by atoms with Gasteiger partial charge in [-0.3, -0.25) is 25.0 Å². The van der Waals surface area contributed by atoms with Crippen molar-refractivity contribution in [1.29, 1.82) is 0 Å². The Kier molecular flexibility index (Phi) is 5.67. The molecule has 3 N–H and O–H groups in total. The number of nitrogens with one attached hydrogen (secondary N) is 3. The van der Waals surface area contributed by atoms with Gasteiger partial charge in [0.25, 0.3) is 15.7 Å². The van der Waals surface area contributed by atoms with Crippen LogP contribution in [0.2, 0.25) is 0 Å². The number of carbonyl (C=O) groups excluding carboxylic acids is 1. The Morgan fingerprint density at radius 1 is 1.00 bits per heavy atom. The quantitative estimate of drug-likeness (QED) is 0.469. The molecule has 27 heavy (non-hydrogen) atoms. The highest BCUT2D eigenvalue weighted by Crippen LogP contribution is 2.28. The first-order chi connectivity index (χ1) is 12.6. The smallest absolute Gasteiger partial charge is 0.300 e. The molecule has 12 nitrogen and oxygen atoms in total. The highest BCUT2D eigenvalue weighted by molar-refractivity contribution is 7.89. The van der Waals surface area contributed by atoms with E-state index in [9.17, 15) is 33.4 Å². The van der Waals surface area contributed by atoms with Crippen molar-refractivity contribution in [3.63, 3.8) is 0 Å². The van der Waals surface area contributed by atoms with E-state index in [1.165, 1.54) is 31.2 Å². The fraction of sp³-hybridized carbons (Fsp3) is 0.0714. The molecule has 0 saturated carbocycles. The van der Waals surface area contributed by atoms with E-state index in [0.717, 1.165) is 12.1 Å². The summed E-state index contributed by atoms with van der Waals surface area (Å²) in [5, 5.41) is 24.2. The van der Waals surface area contributed by atoms with E-state index < -0.39 is 31.2 Å². The SMILES string of the molecule is CC(=O)Nc1ccc(S(=O)(=O)NNc2ccc([N+](=O)[O-])cc2[N+](=O)[O-])cc1. The fourth-order valence-corrected chi connectivity index (χ4v) is 2.85. The molecule has 0 atom stereocenters. The normalized spacial score (nSPS) is 10.9. The maximum atomic E-state index is 12.3. The molecule has 0 radical (unpaired) electrons. The maximum Gasteiger partial charge on any atom is 0.300 e. The van der Waals surface area contributed by atoms with Gasteiger partial charge in [0.05, 0.1) is 20.8 Å². The van der Waals surface area contributed by atoms with Crippen LogP contribution in [0.3, 0.4) is 0 Å². The molecule has 0 unspecified atom stereocenters. The predicted molar refractivity (Wildman–Crippen MR) is 94.4 cm³/mol. The maximum absolute atomic E-state index is 12.3. The molecule has 2 rings (SSSR count). The summed E-state index contributed by atoms with van der Waals surface area (Å²) in [5.74, 6) is -0.323. The first-order valence-corrected chi connectivity index (χ1v) is 8.67. The largest absolute Gasteiger partial charge is 0.326 e. The molecule has 0 bridgehead atoms. The Hall–Kier alpha value is -3.58. The number of nitro benzene ring substituents is 2. The molecule has 2 aromatic carbocycles. The highest BCUT2D eigenvalue weighted by Gasteiger charge is 2.21. The van der Waals surface area contributed by atoms with Crippen molar-refractivity contribution in [3.8, 4) is 0 Å². The number of amides is 1. The number of nitro groups is 2. The molecule has 0 spiro atoms. The molecule has 13 heteroatoms. The van der Waals surface area contributed by atoms with Crippen LogP contribution in [0.25, 0.3) is 0 Å². The minimum atomic E-state index is -4.10.